The van der Waals surface area contributed by atoms with Crippen molar-refractivity contribution in [2.75, 3.05) is 31.6 Å². The molecule has 0 spiro atoms. The van der Waals surface area contributed by atoms with Crippen LogP contribution in [0.3, 0.4) is 0 Å². The average molecular weight is 246 g/mol. The van der Waals surface area contributed by atoms with Crippen LogP contribution in [0.5, 0.6) is 0 Å². The molecule has 1 aliphatic rings. The van der Waals surface area contributed by atoms with Crippen molar-refractivity contribution in [3.8, 4) is 0 Å². The van der Waals surface area contributed by atoms with Gasteiger partial charge in [0.05, 0.1) is 0 Å². The van der Waals surface area contributed by atoms with Crippen molar-refractivity contribution in [1.29, 1.82) is 0 Å². The molecule has 0 radical (unpaired) electrons. The number of piperidine rings is 1. The molecule has 0 aliphatic carbocycles. The minimum Gasteiger partial charge on any atom is -0.374 e. The molecule has 1 fully saturated rings. The Balaban J connectivity index is 2.08. The molecule has 0 atom stereocenters. The van der Waals surface area contributed by atoms with Gasteiger partial charge in [-0.15, -0.1) is 0 Å². The molecule has 1 heterocycles. The van der Waals surface area contributed by atoms with Crippen molar-refractivity contribution in [1.82, 2.24) is 5.32 Å². The molecule has 1 N–H and O–H groups in total. The van der Waals surface area contributed by atoms with Gasteiger partial charge in [0, 0.05) is 19.3 Å². The molecule has 1 aromatic carbocycles. The lowest BCUT2D eigenvalue weighted by Gasteiger charge is -2.38. The van der Waals surface area contributed by atoms with E-state index in [0.29, 0.717) is 5.41 Å². The third-order valence-corrected chi connectivity index (χ3v) is 4.19. The molecular weight excluding hydrogens is 220 g/mol. The van der Waals surface area contributed by atoms with Gasteiger partial charge >= 0.3 is 0 Å². The molecule has 0 amide bonds. The zero-order chi connectivity index (χ0) is 13.2. The molecule has 0 saturated carbocycles. The van der Waals surface area contributed by atoms with Crippen molar-refractivity contribution < 1.29 is 0 Å². The summed E-state index contributed by atoms with van der Waals surface area (Å²) in [5.41, 5.74) is 4.56. The Kier molecular flexibility index (Phi) is 3.96. The number of anilines is 1. The van der Waals surface area contributed by atoms with Crippen molar-refractivity contribution in [3.05, 3.63) is 29.3 Å². The first-order chi connectivity index (χ1) is 8.50. The summed E-state index contributed by atoms with van der Waals surface area (Å²) >= 11 is 0. The second-order valence-electron chi connectivity index (χ2n) is 6.21. The molecular formula is C16H26N2. The normalized spacial score (nSPS) is 18.7. The molecule has 18 heavy (non-hydrogen) atoms. The van der Waals surface area contributed by atoms with Crippen LogP contribution in [0, 0.1) is 19.3 Å². The molecule has 2 nitrogen and oxygen atoms in total. The van der Waals surface area contributed by atoms with E-state index in [2.05, 4.69) is 56.2 Å². The van der Waals surface area contributed by atoms with Gasteiger partial charge in [0.1, 0.15) is 0 Å². The van der Waals surface area contributed by atoms with E-state index >= 15 is 0 Å². The van der Waals surface area contributed by atoms with Gasteiger partial charge in [0.25, 0.3) is 0 Å². The summed E-state index contributed by atoms with van der Waals surface area (Å²) in [4.78, 5) is 2.43. The summed E-state index contributed by atoms with van der Waals surface area (Å²) in [5.74, 6) is 0. The largest absolute Gasteiger partial charge is 0.374 e. The minimum absolute atomic E-state index is 0.456. The van der Waals surface area contributed by atoms with E-state index < -0.39 is 0 Å². The van der Waals surface area contributed by atoms with Crippen LogP contribution in [-0.4, -0.2) is 26.7 Å². The lowest BCUT2D eigenvalue weighted by molar-refractivity contribution is 0.237. The molecule has 1 aromatic rings. The van der Waals surface area contributed by atoms with E-state index in [0.717, 1.165) is 19.6 Å². The van der Waals surface area contributed by atoms with Crippen LogP contribution < -0.4 is 10.2 Å². The van der Waals surface area contributed by atoms with Gasteiger partial charge in [-0.1, -0.05) is 24.6 Å². The van der Waals surface area contributed by atoms with E-state index in [1.165, 1.54) is 29.7 Å². The third-order valence-electron chi connectivity index (χ3n) is 4.19. The third kappa shape index (κ3) is 3.05. The summed E-state index contributed by atoms with van der Waals surface area (Å²) in [6, 6.07) is 6.75. The van der Waals surface area contributed by atoms with E-state index in [1.807, 2.05) is 0 Å². The van der Waals surface area contributed by atoms with Crippen LogP contribution in [0.1, 0.15) is 30.9 Å². The minimum atomic E-state index is 0.456. The fraction of sp³-hybridized carbons (Fsp3) is 0.625. The van der Waals surface area contributed by atoms with Gasteiger partial charge in [0.15, 0.2) is 0 Å². The van der Waals surface area contributed by atoms with E-state index in [9.17, 15) is 0 Å². The number of nitrogens with one attached hydrogen (secondary N) is 1. The summed E-state index contributed by atoms with van der Waals surface area (Å²) < 4.78 is 0. The highest BCUT2D eigenvalue weighted by Gasteiger charge is 2.28. The molecule has 1 saturated heterocycles. The van der Waals surface area contributed by atoms with Crippen LogP contribution >= 0.6 is 0 Å². The van der Waals surface area contributed by atoms with Gasteiger partial charge in [-0.25, -0.2) is 0 Å². The monoisotopic (exact) mass is 246 g/mol. The van der Waals surface area contributed by atoms with Gasteiger partial charge in [-0.2, -0.15) is 0 Å². The zero-order valence-corrected chi connectivity index (χ0v) is 12.2. The Hall–Kier alpha value is -1.02. The smallest absolute Gasteiger partial charge is 0.0393 e. The van der Waals surface area contributed by atoms with Gasteiger partial charge in [-0.05, 0) is 56.8 Å². The first-order valence-corrected chi connectivity index (χ1v) is 6.99. The Morgan fingerprint density at radius 3 is 2.50 bits per heavy atom. The Bertz CT molecular complexity index is 406. The maximum Gasteiger partial charge on any atom is 0.0393 e. The fourth-order valence-electron chi connectivity index (χ4n) is 3.08. The first-order valence-electron chi connectivity index (χ1n) is 6.99. The molecule has 2 rings (SSSR count). The summed E-state index contributed by atoms with van der Waals surface area (Å²) in [5, 5.41) is 3.45. The Morgan fingerprint density at radius 1 is 1.22 bits per heavy atom. The molecule has 0 unspecified atom stereocenters. The molecule has 0 aromatic heterocycles. The van der Waals surface area contributed by atoms with Crippen LogP contribution in [0.25, 0.3) is 0 Å². The molecule has 1 aliphatic heterocycles. The zero-order valence-electron chi connectivity index (χ0n) is 12.2. The lowest BCUT2D eigenvalue weighted by atomic mass is 9.80. The standard InChI is InChI=1S/C16H26N2/c1-13-5-6-15(14(2)11-13)18(4)12-16(3)7-9-17-10-8-16/h5-6,11,17H,7-10,12H2,1-4H3. The van der Waals surface area contributed by atoms with Crippen LogP contribution in [-0.2, 0) is 0 Å². The topological polar surface area (TPSA) is 15.3 Å². The predicted octanol–water partition coefficient (Wildman–Crippen LogP) is 3.13. The average Bonchev–Trinajstić information content (AvgIpc) is 2.28. The van der Waals surface area contributed by atoms with E-state index in [4.69, 9.17) is 0 Å². The maximum absolute atomic E-state index is 3.45. The fourth-order valence-corrected chi connectivity index (χ4v) is 3.08. The molecule has 0 bridgehead atoms. The highest BCUT2D eigenvalue weighted by atomic mass is 15.1. The number of aryl methyl sites for hydroxylation is 2. The second kappa shape index (κ2) is 5.31. The van der Waals surface area contributed by atoms with Crippen molar-refractivity contribution in [2.45, 2.75) is 33.6 Å². The van der Waals surface area contributed by atoms with Gasteiger partial charge < -0.3 is 10.2 Å². The summed E-state index contributed by atoms with van der Waals surface area (Å²) in [6.45, 7) is 10.3. The number of benzene rings is 1. The lowest BCUT2D eigenvalue weighted by Crippen LogP contribution is -2.42. The maximum atomic E-state index is 3.45. The van der Waals surface area contributed by atoms with Crippen molar-refractivity contribution >= 4 is 5.69 Å². The highest BCUT2D eigenvalue weighted by Crippen LogP contribution is 2.31. The van der Waals surface area contributed by atoms with Gasteiger partial charge in [0.2, 0.25) is 0 Å². The highest BCUT2D eigenvalue weighted by molar-refractivity contribution is 5.53. The number of hydrogen-bond acceptors (Lipinski definition) is 2. The second-order valence-corrected chi connectivity index (χ2v) is 6.21. The van der Waals surface area contributed by atoms with E-state index in [1.54, 1.807) is 0 Å². The van der Waals surface area contributed by atoms with Crippen LogP contribution in [0.4, 0.5) is 5.69 Å². The quantitative estimate of drug-likeness (QED) is 0.881. The molecule has 2 heteroatoms. The first kappa shape index (κ1) is 13.4. The SMILES string of the molecule is Cc1ccc(N(C)CC2(C)CCNCC2)c(C)c1. The van der Waals surface area contributed by atoms with Crippen LogP contribution in [0.15, 0.2) is 18.2 Å². The molecule has 100 valence electrons. The number of rotatable bonds is 3. The number of hydrogen-bond donors (Lipinski definition) is 1. The Morgan fingerprint density at radius 2 is 1.89 bits per heavy atom. The van der Waals surface area contributed by atoms with Crippen molar-refractivity contribution in [3.63, 3.8) is 0 Å². The summed E-state index contributed by atoms with van der Waals surface area (Å²) in [6.07, 6.45) is 2.56. The van der Waals surface area contributed by atoms with E-state index in [-0.39, 0.29) is 0 Å². The Labute approximate surface area is 111 Å². The summed E-state index contributed by atoms with van der Waals surface area (Å²) in [7, 11) is 2.23. The number of nitrogens with zero attached hydrogens (tertiary/aromatic N) is 1. The van der Waals surface area contributed by atoms with Gasteiger partial charge in [-0.3, -0.25) is 0 Å². The predicted molar refractivity (Wildman–Crippen MR) is 79.4 cm³/mol. The van der Waals surface area contributed by atoms with Crippen LogP contribution in [0.2, 0.25) is 0 Å². The van der Waals surface area contributed by atoms with Crippen molar-refractivity contribution in [2.24, 2.45) is 5.41 Å².